The van der Waals surface area contributed by atoms with E-state index in [9.17, 15) is 33.0 Å². The molecular weight excluding hydrogens is 315 g/mol. The van der Waals surface area contributed by atoms with Crippen molar-refractivity contribution in [3.05, 3.63) is 58.4 Å². The van der Waals surface area contributed by atoms with Crippen molar-refractivity contribution in [1.29, 1.82) is 0 Å². The lowest BCUT2D eigenvalue weighted by Crippen LogP contribution is -2.29. The van der Waals surface area contributed by atoms with Crippen molar-refractivity contribution in [3.63, 3.8) is 0 Å². The van der Waals surface area contributed by atoms with Crippen molar-refractivity contribution in [3.8, 4) is 11.5 Å². The monoisotopic (exact) mass is 323 g/mol. The summed E-state index contributed by atoms with van der Waals surface area (Å²) in [6.07, 6.45) is 0. The zero-order valence-electron chi connectivity index (χ0n) is 11.3. The van der Waals surface area contributed by atoms with Gasteiger partial charge in [0, 0.05) is 0 Å². The number of benzene rings is 2. The van der Waals surface area contributed by atoms with E-state index < -0.39 is 52.9 Å². The number of halogens is 3. The molecule has 0 saturated carbocycles. The second kappa shape index (κ2) is 5.01. The highest BCUT2D eigenvalue weighted by Gasteiger charge is 2.38. The second-order valence-electron chi connectivity index (χ2n) is 4.93. The van der Waals surface area contributed by atoms with Crippen molar-refractivity contribution in [1.82, 2.24) is 4.90 Å². The first-order chi connectivity index (χ1) is 10.8. The first-order valence-corrected chi connectivity index (χ1v) is 6.35. The van der Waals surface area contributed by atoms with Crippen LogP contribution in [0.5, 0.6) is 11.5 Å². The Balaban J connectivity index is 1.99. The van der Waals surface area contributed by atoms with Crippen LogP contribution in [-0.4, -0.2) is 26.9 Å². The van der Waals surface area contributed by atoms with Crippen LogP contribution in [0.1, 0.15) is 26.3 Å². The van der Waals surface area contributed by atoms with Gasteiger partial charge in [-0.15, -0.1) is 0 Å². The molecule has 118 valence electrons. The Kier molecular flexibility index (Phi) is 3.24. The van der Waals surface area contributed by atoms with Crippen LogP contribution >= 0.6 is 0 Å². The van der Waals surface area contributed by atoms with Crippen LogP contribution < -0.4 is 0 Å². The van der Waals surface area contributed by atoms with Crippen molar-refractivity contribution in [2.24, 2.45) is 0 Å². The molecule has 3 rings (SSSR count). The van der Waals surface area contributed by atoms with Crippen LogP contribution in [0, 0.1) is 17.5 Å². The van der Waals surface area contributed by atoms with Gasteiger partial charge in [0.2, 0.25) is 0 Å². The van der Waals surface area contributed by atoms with E-state index in [4.69, 9.17) is 0 Å². The van der Waals surface area contributed by atoms with E-state index in [-0.39, 0.29) is 11.1 Å². The molecule has 2 aromatic carbocycles. The van der Waals surface area contributed by atoms with Gasteiger partial charge in [0.15, 0.2) is 29.0 Å². The minimum absolute atomic E-state index is 0.139. The molecule has 0 unspecified atom stereocenters. The third-order valence-electron chi connectivity index (χ3n) is 3.48. The molecule has 0 saturated heterocycles. The maximum Gasteiger partial charge on any atom is 0.265 e. The van der Waals surface area contributed by atoms with Gasteiger partial charge in [0.1, 0.15) is 0 Å². The summed E-state index contributed by atoms with van der Waals surface area (Å²) in [6.45, 7) is -0.513. The van der Waals surface area contributed by atoms with Crippen LogP contribution in [0.3, 0.4) is 0 Å². The standard InChI is InChI=1S/C15H8F3NO4/c16-8-3-6(4-9(17)12(8)18)5-19-14(22)7-1-2-10(20)13(21)11(7)15(19)23/h1-4,20-21H,5H2. The number of amides is 2. The Hall–Kier alpha value is -3.03. The number of hydrogen-bond donors (Lipinski definition) is 2. The van der Waals surface area contributed by atoms with Crippen LogP contribution in [0.2, 0.25) is 0 Å². The number of nitrogens with zero attached hydrogens (tertiary/aromatic N) is 1. The third kappa shape index (κ3) is 2.19. The van der Waals surface area contributed by atoms with E-state index >= 15 is 0 Å². The second-order valence-corrected chi connectivity index (χ2v) is 4.93. The van der Waals surface area contributed by atoms with Gasteiger partial charge in [0.25, 0.3) is 11.8 Å². The van der Waals surface area contributed by atoms with Gasteiger partial charge in [-0.3, -0.25) is 14.5 Å². The number of phenolic OH excluding ortho intramolecular Hbond substituents is 2. The molecule has 0 bridgehead atoms. The highest BCUT2D eigenvalue weighted by Crippen LogP contribution is 2.37. The molecule has 0 atom stereocenters. The van der Waals surface area contributed by atoms with Crippen LogP contribution in [0.4, 0.5) is 13.2 Å². The van der Waals surface area contributed by atoms with E-state index in [1.807, 2.05) is 0 Å². The predicted molar refractivity (Wildman–Crippen MR) is 70.3 cm³/mol. The summed E-state index contributed by atoms with van der Waals surface area (Å²) in [6, 6.07) is 3.52. The lowest BCUT2D eigenvalue weighted by Gasteiger charge is -2.14. The van der Waals surface area contributed by atoms with E-state index in [0.29, 0.717) is 17.0 Å². The quantitative estimate of drug-likeness (QED) is 0.505. The van der Waals surface area contributed by atoms with E-state index in [0.717, 1.165) is 12.1 Å². The minimum Gasteiger partial charge on any atom is -0.504 e. The van der Waals surface area contributed by atoms with Crippen molar-refractivity contribution in [2.45, 2.75) is 6.54 Å². The summed E-state index contributed by atoms with van der Waals surface area (Å²) in [5.74, 6) is -7.60. The fourth-order valence-corrected chi connectivity index (χ4v) is 2.37. The largest absolute Gasteiger partial charge is 0.504 e. The molecule has 2 N–H and O–H groups in total. The fourth-order valence-electron chi connectivity index (χ4n) is 2.37. The highest BCUT2D eigenvalue weighted by atomic mass is 19.2. The van der Waals surface area contributed by atoms with E-state index in [1.54, 1.807) is 0 Å². The number of hydrogen-bond acceptors (Lipinski definition) is 4. The predicted octanol–water partition coefficient (Wildman–Crippen LogP) is 2.31. The van der Waals surface area contributed by atoms with E-state index in [2.05, 4.69) is 0 Å². The zero-order valence-corrected chi connectivity index (χ0v) is 11.3. The van der Waals surface area contributed by atoms with E-state index in [1.165, 1.54) is 0 Å². The SMILES string of the molecule is O=C1c2ccc(O)c(O)c2C(=O)N1Cc1cc(F)c(F)c(F)c1. The van der Waals surface area contributed by atoms with Crippen molar-refractivity contribution < 1.29 is 33.0 Å². The van der Waals surface area contributed by atoms with Gasteiger partial charge in [-0.25, -0.2) is 13.2 Å². The molecule has 1 heterocycles. The highest BCUT2D eigenvalue weighted by molar-refractivity contribution is 6.22. The zero-order chi connectivity index (χ0) is 16.9. The molecule has 2 amide bonds. The Morgan fingerprint density at radius 1 is 0.957 bits per heavy atom. The average Bonchev–Trinajstić information content (AvgIpc) is 2.73. The summed E-state index contributed by atoms with van der Waals surface area (Å²) in [7, 11) is 0. The van der Waals surface area contributed by atoms with Crippen LogP contribution in [0.15, 0.2) is 24.3 Å². The number of imide groups is 1. The molecular formula is C15H8F3NO4. The third-order valence-corrected chi connectivity index (χ3v) is 3.48. The molecule has 0 spiro atoms. The molecule has 0 aliphatic carbocycles. The Labute approximate surface area is 127 Å². The summed E-state index contributed by atoms with van der Waals surface area (Å²) < 4.78 is 39.4. The lowest BCUT2D eigenvalue weighted by atomic mass is 10.1. The van der Waals surface area contributed by atoms with Crippen molar-refractivity contribution in [2.75, 3.05) is 0 Å². The Bertz CT molecular complexity index is 843. The molecule has 2 aromatic rings. The minimum atomic E-state index is -1.65. The fraction of sp³-hybridized carbons (Fsp3) is 0.0667. The summed E-state index contributed by atoms with van der Waals surface area (Å²) >= 11 is 0. The van der Waals surface area contributed by atoms with Gasteiger partial charge in [0.05, 0.1) is 17.7 Å². The number of phenols is 2. The lowest BCUT2D eigenvalue weighted by molar-refractivity contribution is 0.0641. The maximum atomic E-state index is 13.2. The molecule has 8 heteroatoms. The van der Waals surface area contributed by atoms with Gasteiger partial charge in [-0.1, -0.05) is 0 Å². The molecule has 23 heavy (non-hydrogen) atoms. The summed E-state index contributed by atoms with van der Waals surface area (Å²) in [5.41, 5.74) is -0.675. The first kappa shape index (κ1) is 14.9. The molecule has 1 aliphatic rings. The number of rotatable bonds is 2. The maximum absolute atomic E-state index is 13.2. The summed E-state index contributed by atoms with van der Waals surface area (Å²) in [5, 5.41) is 19.1. The number of carbonyl (C=O) groups excluding carboxylic acids is 2. The van der Waals surface area contributed by atoms with Gasteiger partial charge < -0.3 is 10.2 Å². The molecule has 1 aliphatic heterocycles. The van der Waals surface area contributed by atoms with Gasteiger partial charge >= 0.3 is 0 Å². The molecule has 0 aromatic heterocycles. The van der Waals surface area contributed by atoms with Crippen LogP contribution in [0.25, 0.3) is 0 Å². The first-order valence-electron chi connectivity index (χ1n) is 6.35. The van der Waals surface area contributed by atoms with Gasteiger partial charge in [-0.2, -0.15) is 0 Å². The molecule has 0 fully saturated rings. The van der Waals surface area contributed by atoms with Gasteiger partial charge in [-0.05, 0) is 29.8 Å². The summed E-state index contributed by atoms with van der Waals surface area (Å²) in [4.78, 5) is 25.0. The molecule has 0 radical (unpaired) electrons. The normalized spacial score (nSPS) is 13.6. The average molecular weight is 323 g/mol. The topological polar surface area (TPSA) is 77.8 Å². The Morgan fingerprint density at radius 3 is 2.17 bits per heavy atom. The number of fused-ring (bicyclic) bond motifs is 1. The number of carbonyl (C=O) groups is 2. The number of aromatic hydroxyl groups is 2. The Morgan fingerprint density at radius 2 is 1.57 bits per heavy atom. The smallest absolute Gasteiger partial charge is 0.265 e. The van der Waals surface area contributed by atoms with Crippen LogP contribution in [-0.2, 0) is 6.54 Å². The molecule has 5 nitrogen and oxygen atoms in total. The van der Waals surface area contributed by atoms with Crippen molar-refractivity contribution >= 4 is 11.8 Å².